The van der Waals surface area contributed by atoms with Crippen LogP contribution in [-0.2, 0) is 9.53 Å². The summed E-state index contributed by atoms with van der Waals surface area (Å²) in [6.07, 6.45) is 3.55. The van der Waals surface area contributed by atoms with E-state index < -0.39 is 0 Å². The highest BCUT2D eigenvalue weighted by Crippen LogP contribution is 2.24. The lowest BCUT2D eigenvalue weighted by atomic mass is 10.1. The molecule has 1 aliphatic heterocycles. The van der Waals surface area contributed by atoms with Crippen LogP contribution in [0.5, 0.6) is 5.75 Å². The monoisotopic (exact) mass is 249 g/mol. The number of para-hydroxylation sites is 2. The van der Waals surface area contributed by atoms with Crippen LogP contribution in [0, 0.1) is 0 Å². The van der Waals surface area contributed by atoms with Crippen molar-refractivity contribution in [3.05, 3.63) is 24.3 Å². The Labute approximate surface area is 107 Å². The van der Waals surface area contributed by atoms with E-state index in [2.05, 4.69) is 5.32 Å². The van der Waals surface area contributed by atoms with E-state index >= 15 is 0 Å². The van der Waals surface area contributed by atoms with Gasteiger partial charge in [-0.3, -0.25) is 4.79 Å². The number of carbonyl (C=O) groups is 1. The van der Waals surface area contributed by atoms with Gasteiger partial charge in [-0.05, 0) is 31.4 Å². The van der Waals surface area contributed by atoms with Gasteiger partial charge in [-0.25, -0.2) is 0 Å². The van der Waals surface area contributed by atoms with Crippen LogP contribution in [0.4, 0.5) is 5.69 Å². The Morgan fingerprint density at radius 1 is 1.44 bits per heavy atom. The number of benzene rings is 1. The summed E-state index contributed by atoms with van der Waals surface area (Å²) in [5.41, 5.74) is 0.709. The molecular formula is C14H19NO3. The fraction of sp³-hybridized carbons (Fsp3) is 0.500. The smallest absolute Gasteiger partial charge is 0.221 e. The Balaban J connectivity index is 1.93. The van der Waals surface area contributed by atoms with Crippen LogP contribution < -0.4 is 10.1 Å². The Morgan fingerprint density at radius 2 is 2.28 bits per heavy atom. The molecule has 4 nitrogen and oxygen atoms in total. The van der Waals surface area contributed by atoms with Crippen LogP contribution in [0.25, 0.3) is 0 Å². The molecule has 1 heterocycles. The molecule has 2 rings (SSSR count). The molecule has 1 fully saturated rings. The molecular weight excluding hydrogens is 230 g/mol. The standard InChI is InChI=1S/C14H19NO3/c1-11(16)15-13-7-2-3-8-14(13)18-10-12-6-4-5-9-17-12/h2-3,7-8,12H,4-6,9-10H2,1H3,(H,15,16). The van der Waals surface area contributed by atoms with Gasteiger partial charge in [-0.1, -0.05) is 12.1 Å². The number of amides is 1. The first-order valence-corrected chi connectivity index (χ1v) is 6.37. The second kappa shape index (κ2) is 6.40. The van der Waals surface area contributed by atoms with Crippen LogP contribution in [0.2, 0.25) is 0 Å². The molecule has 1 aliphatic rings. The summed E-state index contributed by atoms with van der Waals surface area (Å²) in [6, 6.07) is 7.45. The molecule has 0 saturated carbocycles. The molecule has 1 atom stereocenters. The lowest BCUT2D eigenvalue weighted by molar-refractivity contribution is -0.114. The maximum Gasteiger partial charge on any atom is 0.221 e. The quantitative estimate of drug-likeness (QED) is 0.892. The van der Waals surface area contributed by atoms with Gasteiger partial charge in [0, 0.05) is 13.5 Å². The summed E-state index contributed by atoms with van der Waals surface area (Å²) in [5, 5.41) is 2.76. The molecule has 0 spiro atoms. The van der Waals surface area contributed by atoms with Crippen LogP contribution in [0.1, 0.15) is 26.2 Å². The summed E-state index contributed by atoms with van der Waals surface area (Å²) in [4.78, 5) is 11.1. The van der Waals surface area contributed by atoms with Crippen molar-refractivity contribution < 1.29 is 14.3 Å². The van der Waals surface area contributed by atoms with Crippen LogP contribution >= 0.6 is 0 Å². The number of anilines is 1. The van der Waals surface area contributed by atoms with Crippen LogP contribution in [0.3, 0.4) is 0 Å². The third-order valence-corrected chi connectivity index (χ3v) is 2.90. The van der Waals surface area contributed by atoms with Gasteiger partial charge >= 0.3 is 0 Å². The second-order valence-electron chi connectivity index (χ2n) is 4.48. The number of ether oxygens (including phenoxy) is 2. The molecule has 1 aromatic carbocycles. The summed E-state index contributed by atoms with van der Waals surface area (Å²) in [5.74, 6) is 0.599. The average molecular weight is 249 g/mol. The van der Waals surface area contributed by atoms with Crippen LogP contribution in [0.15, 0.2) is 24.3 Å². The van der Waals surface area contributed by atoms with Gasteiger partial charge in [0.2, 0.25) is 5.91 Å². The second-order valence-corrected chi connectivity index (χ2v) is 4.48. The van der Waals surface area contributed by atoms with E-state index in [0.29, 0.717) is 18.0 Å². The van der Waals surface area contributed by atoms with Gasteiger partial charge in [-0.15, -0.1) is 0 Å². The third kappa shape index (κ3) is 3.74. The topological polar surface area (TPSA) is 47.6 Å². The van der Waals surface area contributed by atoms with E-state index in [1.54, 1.807) is 0 Å². The van der Waals surface area contributed by atoms with Crippen molar-refractivity contribution in [2.24, 2.45) is 0 Å². The van der Waals surface area contributed by atoms with E-state index in [-0.39, 0.29) is 12.0 Å². The zero-order valence-electron chi connectivity index (χ0n) is 10.6. The zero-order chi connectivity index (χ0) is 12.8. The van der Waals surface area contributed by atoms with Crippen molar-refractivity contribution in [3.8, 4) is 5.75 Å². The van der Waals surface area contributed by atoms with Crippen molar-refractivity contribution >= 4 is 11.6 Å². The number of hydrogen-bond acceptors (Lipinski definition) is 3. The molecule has 1 saturated heterocycles. The largest absolute Gasteiger partial charge is 0.489 e. The molecule has 18 heavy (non-hydrogen) atoms. The fourth-order valence-corrected chi connectivity index (χ4v) is 2.01. The molecule has 1 amide bonds. The molecule has 1 aromatic rings. The van der Waals surface area contributed by atoms with Gasteiger partial charge in [-0.2, -0.15) is 0 Å². The van der Waals surface area contributed by atoms with E-state index in [1.165, 1.54) is 13.3 Å². The predicted molar refractivity (Wildman–Crippen MR) is 69.8 cm³/mol. The highest BCUT2D eigenvalue weighted by Gasteiger charge is 2.15. The fourth-order valence-electron chi connectivity index (χ4n) is 2.01. The third-order valence-electron chi connectivity index (χ3n) is 2.90. The number of hydrogen-bond donors (Lipinski definition) is 1. The van der Waals surface area contributed by atoms with Crippen molar-refractivity contribution in [3.63, 3.8) is 0 Å². The van der Waals surface area contributed by atoms with E-state index in [4.69, 9.17) is 9.47 Å². The first-order chi connectivity index (χ1) is 8.75. The van der Waals surface area contributed by atoms with E-state index in [1.807, 2.05) is 24.3 Å². The molecule has 0 aliphatic carbocycles. The minimum atomic E-state index is -0.0973. The SMILES string of the molecule is CC(=O)Nc1ccccc1OCC1CCCCO1. The summed E-state index contributed by atoms with van der Waals surface area (Å²) in [7, 11) is 0. The van der Waals surface area contributed by atoms with E-state index in [0.717, 1.165) is 19.4 Å². The molecule has 4 heteroatoms. The maximum absolute atomic E-state index is 11.1. The minimum Gasteiger partial charge on any atom is -0.489 e. The lowest BCUT2D eigenvalue weighted by Gasteiger charge is -2.23. The zero-order valence-corrected chi connectivity index (χ0v) is 10.6. The van der Waals surface area contributed by atoms with E-state index in [9.17, 15) is 4.79 Å². The van der Waals surface area contributed by atoms with Crippen molar-refractivity contribution in [1.82, 2.24) is 0 Å². The highest BCUT2D eigenvalue weighted by atomic mass is 16.5. The van der Waals surface area contributed by atoms with Gasteiger partial charge in [0.25, 0.3) is 0 Å². The Hall–Kier alpha value is -1.55. The summed E-state index contributed by atoms with van der Waals surface area (Å²) >= 11 is 0. The molecule has 1 unspecified atom stereocenters. The van der Waals surface area contributed by atoms with Gasteiger partial charge in [0.1, 0.15) is 12.4 Å². The number of carbonyl (C=O) groups excluding carboxylic acids is 1. The minimum absolute atomic E-state index is 0.0973. The maximum atomic E-state index is 11.1. The Bertz CT molecular complexity index is 400. The number of nitrogens with one attached hydrogen (secondary N) is 1. The van der Waals surface area contributed by atoms with Crippen molar-refractivity contribution in [2.75, 3.05) is 18.5 Å². The first-order valence-electron chi connectivity index (χ1n) is 6.37. The lowest BCUT2D eigenvalue weighted by Crippen LogP contribution is -2.26. The normalized spacial score (nSPS) is 19.3. The Morgan fingerprint density at radius 3 is 3.00 bits per heavy atom. The first kappa shape index (κ1) is 12.9. The molecule has 1 N–H and O–H groups in total. The van der Waals surface area contributed by atoms with Crippen molar-refractivity contribution in [1.29, 1.82) is 0 Å². The van der Waals surface area contributed by atoms with Gasteiger partial charge < -0.3 is 14.8 Å². The van der Waals surface area contributed by atoms with Crippen molar-refractivity contribution in [2.45, 2.75) is 32.3 Å². The summed E-state index contributed by atoms with van der Waals surface area (Å²) in [6.45, 7) is 2.85. The Kier molecular flexibility index (Phi) is 4.59. The predicted octanol–water partition coefficient (Wildman–Crippen LogP) is 2.59. The molecule has 0 aromatic heterocycles. The van der Waals surface area contributed by atoms with Crippen LogP contribution in [-0.4, -0.2) is 25.2 Å². The van der Waals surface area contributed by atoms with Gasteiger partial charge in [0.05, 0.1) is 11.8 Å². The van der Waals surface area contributed by atoms with Gasteiger partial charge in [0.15, 0.2) is 0 Å². The number of rotatable bonds is 4. The summed E-state index contributed by atoms with van der Waals surface area (Å²) < 4.78 is 11.3. The average Bonchev–Trinajstić information content (AvgIpc) is 2.38. The molecule has 0 bridgehead atoms. The highest BCUT2D eigenvalue weighted by molar-refractivity contribution is 5.90. The molecule has 98 valence electrons. The molecule has 0 radical (unpaired) electrons.